The van der Waals surface area contributed by atoms with E-state index in [1.54, 1.807) is 0 Å². The summed E-state index contributed by atoms with van der Waals surface area (Å²) in [5.74, 6) is 0.898. The van der Waals surface area contributed by atoms with E-state index in [2.05, 4.69) is 47.8 Å². The highest BCUT2D eigenvalue weighted by molar-refractivity contribution is 7.99. The van der Waals surface area contributed by atoms with Gasteiger partial charge in [-0.3, -0.25) is 9.67 Å². The van der Waals surface area contributed by atoms with E-state index in [-0.39, 0.29) is 4.75 Å². The quantitative estimate of drug-likeness (QED) is 0.438. The summed E-state index contributed by atoms with van der Waals surface area (Å²) in [6.45, 7) is 10.0. The Balaban J connectivity index is 2.32. The van der Waals surface area contributed by atoms with Crippen LogP contribution in [0, 0.1) is 0 Å². The molecule has 20 heavy (non-hydrogen) atoms. The predicted molar refractivity (Wildman–Crippen MR) is 88.4 cm³/mol. The Morgan fingerprint density at radius 1 is 1.40 bits per heavy atom. The van der Waals surface area contributed by atoms with Crippen molar-refractivity contribution >= 4 is 17.7 Å². The van der Waals surface area contributed by atoms with Gasteiger partial charge in [0, 0.05) is 36.8 Å². The fraction of sp³-hybridized carbons (Fsp3) is 0.714. The van der Waals surface area contributed by atoms with Gasteiger partial charge in [0.25, 0.3) is 0 Å². The molecule has 2 N–H and O–H groups in total. The Labute approximate surface area is 126 Å². The molecule has 1 aromatic rings. The molecule has 1 aromatic heterocycles. The highest BCUT2D eigenvalue weighted by Gasteiger charge is 2.15. The molecule has 1 heterocycles. The summed E-state index contributed by atoms with van der Waals surface area (Å²) in [5.41, 5.74) is 0. The van der Waals surface area contributed by atoms with Crippen molar-refractivity contribution in [2.24, 2.45) is 4.99 Å². The van der Waals surface area contributed by atoms with Gasteiger partial charge < -0.3 is 10.6 Å². The second-order valence-electron chi connectivity index (χ2n) is 5.21. The molecule has 5 nitrogen and oxygen atoms in total. The smallest absolute Gasteiger partial charge is 0.191 e. The number of rotatable bonds is 8. The van der Waals surface area contributed by atoms with Crippen molar-refractivity contribution in [3.63, 3.8) is 0 Å². The SMILES string of the molecule is CCNC(=NCC(C)(C)SC)NCCCn1cccn1. The molecular formula is C14H27N5S. The normalized spacial score (nSPS) is 12.5. The average Bonchev–Trinajstić information content (AvgIpc) is 2.94. The molecule has 0 atom stereocenters. The van der Waals surface area contributed by atoms with Crippen LogP contribution in [0.15, 0.2) is 23.5 Å². The molecule has 0 aromatic carbocycles. The van der Waals surface area contributed by atoms with Crippen molar-refractivity contribution in [3.05, 3.63) is 18.5 Å². The third-order valence-corrected chi connectivity index (χ3v) is 4.16. The zero-order chi connectivity index (χ0) is 14.8. The van der Waals surface area contributed by atoms with Gasteiger partial charge in [-0.15, -0.1) is 0 Å². The van der Waals surface area contributed by atoms with Gasteiger partial charge in [0.1, 0.15) is 0 Å². The third-order valence-electron chi connectivity index (χ3n) is 2.93. The molecule has 0 unspecified atom stereocenters. The lowest BCUT2D eigenvalue weighted by Gasteiger charge is -2.20. The fourth-order valence-electron chi connectivity index (χ4n) is 1.56. The summed E-state index contributed by atoms with van der Waals surface area (Å²) < 4.78 is 2.12. The Morgan fingerprint density at radius 3 is 2.80 bits per heavy atom. The van der Waals surface area contributed by atoms with Crippen LogP contribution in [0.1, 0.15) is 27.2 Å². The summed E-state index contributed by atoms with van der Waals surface area (Å²) in [7, 11) is 0. The molecule has 114 valence electrons. The van der Waals surface area contributed by atoms with E-state index in [1.165, 1.54) is 0 Å². The van der Waals surface area contributed by atoms with Crippen LogP contribution in [-0.2, 0) is 6.54 Å². The van der Waals surface area contributed by atoms with Crippen LogP contribution in [0.4, 0.5) is 0 Å². The number of hydrogen-bond acceptors (Lipinski definition) is 3. The van der Waals surface area contributed by atoms with Crippen LogP contribution in [0.25, 0.3) is 0 Å². The highest BCUT2D eigenvalue weighted by Crippen LogP contribution is 2.20. The fourth-order valence-corrected chi connectivity index (χ4v) is 1.75. The minimum atomic E-state index is 0.178. The number of nitrogens with zero attached hydrogens (tertiary/aromatic N) is 3. The van der Waals surface area contributed by atoms with Gasteiger partial charge in [0.2, 0.25) is 0 Å². The number of aromatic nitrogens is 2. The Bertz CT molecular complexity index is 386. The first kappa shape index (κ1) is 16.9. The number of nitrogens with one attached hydrogen (secondary N) is 2. The average molecular weight is 297 g/mol. The maximum atomic E-state index is 4.64. The lowest BCUT2D eigenvalue weighted by molar-refractivity contribution is 0.570. The van der Waals surface area contributed by atoms with Gasteiger partial charge in [-0.05, 0) is 39.5 Å². The van der Waals surface area contributed by atoms with Gasteiger partial charge in [-0.2, -0.15) is 16.9 Å². The summed E-state index contributed by atoms with van der Waals surface area (Å²) >= 11 is 1.84. The Hall–Kier alpha value is -1.17. The minimum Gasteiger partial charge on any atom is -0.357 e. The largest absolute Gasteiger partial charge is 0.357 e. The van der Waals surface area contributed by atoms with Crippen LogP contribution >= 0.6 is 11.8 Å². The standard InChI is InChI=1S/C14H27N5S/c1-5-15-13(17-12-14(2,3)20-4)16-8-6-10-19-11-7-9-18-19/h7,9,11H,5-6,8,10,12H2,1-4H3,(H2,15,16,17). The van der Waals surface area contributed by atoms with Crippen LogP contribution in [-0.4, -0.2) is 46.4 Å². The van der Waals surface area contributed by atoms with E-state index in [9.17, 15) is 0 Å². The molecular weight excluding hydrogens is 270 g/mol. The molecule has 0 saturated heterocycles. The van der Waals surface area contributed by atoms with Crippen LogP contribution in [0.3, 0.4) is 0 Å². The molecule has 0 aliphatic rings. The number of hydrogen-bond donors (Lipinski definition) is 2. The van der Waals surface area contributed by atoms with Crippen molar-refractivity contribution in [2.75, 3.05) is 25.9 Å². The van der Waals surface area contributed by atoms with E-state index in [0.29, 0.717) is 0 Å². The monoisotopic (exact) mass is 297 g/mol. The predicted octanol–water partition coefficient (Wildman–Crippen LogP) is 1.97. The van der Waals surface area contributed by atoms with Crippen LogP contribution < -0.4 is 10.6 Å². The molecule has 0 bridgehead atoms. The van der Waals surface area contributed by atoms with E-state index >= 15 is 0 Å². The number of guanidine groups is 1. The van der Waals surface area contributed by atoms with Crippen molar-refractivity contribution in [3.8, 4) is 0 Å². The zero-order valence-corrected chi connectivity index (χ0v) is 13.8. The first-order chi connectivity index (χ1) is 9.57. The molecule has 0 radical (unpaired) electrons. The van der Waals surface area contributed by atoms with Gasteiger partial charge in [-0.1, -0.05) is 0 Å². The summed E-state index contributed by atoms with van der Waals surface area (Å²) in [6, 6.07) is 1.95. The Morgan fingerprint density at radius 2 is 2.20 bits per heavy atom. The number of aryl methyl sites for hydroxylation is 1. The van der Waals surface area contributed by atoms with Crippen molar-refractivity contribution in [2.45, 2.75) is 38.5 Å². The molecule has 0 amide bonds. The topological polar surface area (TPSA) is 54.2 Å². The van der Waals surface area contributed by atoms with E-state index in [1.807, 2.05) is 34.9 Å². The maximum Gasteiger partial charge on any atom is 0.191 e. The third kappa shape index (κ3) is 6.84. The molecule has 0 aliphatic carbocycles. The van der Waals surface area contributed by atoms with E-state index in [0.717, 1.165) is 38.6 Å². The first-order valence-electron chi connectivity index (χ1n) is 7.12. The van der Waals surface area contributed by atoms with E-state index < -0.39 is 0 Å². The summed E-state index contributed by atoms with van der Waals surface area (Å²) in [4.78, 5) is 4.64. The van der Waals surface area contributed by atoms with Gasteiger partial charge in [-0.25, -0.2) is 0 Å². The summed E-state index contributed by atoms with van der Waals surface area (Å²) in [6.07, 6.45) is 6.95. The van der Waals surface area contributed by atoms with Crippen molar-refractivity contribution < 1.29 is 0 Å². The molecule has 1 rings (SSSR count). The molecule has 0 spiro atoms. The van der Waals surface area contributed by atoms with Crippen molar-refractivity contribution in [1.82, 2.24) is 20.4 Å². The lowest BCUT2D eigenvalue weighted by Crippen LogP contribution is -2.39. The zero-order valence-electron chi connectivity index (χ0n) is 13.0. The van der Waals surface area contributed by atoms with Crippen molar-refractivity contribution in [1.29, 1.82) is 0 Å². The highest BCUT2D eigenvalue weighted by atomic mass is 32.2. The molecule has 0 fully saturated rings. The molecule has 6 heteroatoms. The number of aliphatic imine (C=N–C) groups is 1. The Kier molecular flexibility index (Phi) is 7.51. The van der Waals surface area contributed by atoms with E-state index in [4.69, 9.17) is 0 Å². The summed E-state index contributed by atoms with van der Waals surface area (Å²) in [5, 5.41) is 10.8. The lowest BCUT2D eigenvalue weighted by atomic mass is 10.2. The second-order valence-corrected chi connectivity index (χ2v) is 6.72. The van der Waals surface area contributed by atoms with Gasteiger partial charge >= 0.3 is 0 Å². The molecule has 0 aliphatic heterocycles. The molecule has 0 saturated carbocycles. The second kappa shape index (κ2) is 8.89. The van der Waals surface area contributed by atoms with Crippen LogP contribution in [0.2, 0.25) is 0 Å². The van der Waals surface area contributed by atoms with Gasteiger partial charge in [0.05, 0.1) is 6.54 Å². The maximum absolute atomic E-state index is 4.64. The number of thioether (sulfide) groups is 1. The minimum absolute atomic E-state index is 0.178. The van der Waals surface area contributed by atoms with Gasteiger partial charge in [0.15, 0.2) is 5.96 Å². The first-order valence-corrected chi connectivity index (χ1v) is 8.34. The van der Waals surface area contributed by atoms with Crippen LogP contribution in [0.5, 0.6) is 0 Å².